The Labute approximate surface area is 218 Å². The zero-order valence-electron chi connectivity index (χ0n) is 20.6. The van der Waals surface area contributed by atoms with E-state index in [1.165, 1.54) is 4.57 Å². The zero-order chi connectivity index (χ0) is 26.5. The molecule has 0 aliphatic carbocycles. The molecule has 190 valence electrons. The van der Waals surface area contributed by atoms with Crippen molar-refractivity contribution in [1.82, 2.24) is 14.5 Å². The highest BCUT2D eigenvalue weighted by molar-refractivity contribution is 6.31. The van der Waals surface area contributed by atoms with E-state index in [4.69, 9.17) is 11.6 Å². The van der Waals surface area contributed by atoms with Gasteiger partial charge in [-0.15, -0.1) is 0 Å². The maximum atomic E-state index is 13.5. The van der Waals surface area contributed by atoms with Crippen molar-refractivity contribution in [3.05, 3.63) is 104 Å². The van der Waals surface area contributed by atoms with E-state index >= 15 is 0 Å². The molecular formula is C28H27ClN4O4. The fourth-order valence-electron chi connectivity index (χ4n) is 3.99. The number of anilines is 1. The molecule has 3 aromatic carbocycles. The number of para-hydroxylation sites is 1. The zero-order valence-corrected chi connectivity index (χ0v) is 21.3. The number of rotatable bonds is 8. The van der Waals surface area contributed by atoms with E-state index in [0.717, 1.165) is 22.1 Å². The predicted molar refractivity (Wildman–Crippen MR) is 146 cm³/mol. The van der Waals surface area contributed by atoms with Crippen molar-refractivity contribution in [1.29, 1.82) is 0 Å². The Morgan fingerprint density at radius 3 is 2.38 bits per heavy atom. The van der Waals surface area contributed by atoms with Gasteiger partial charge in [0.15, 0.2) is 0 Å². The van der Waals surface area contributed by atoms with E-state index in [0.29, 0.717) is 33.8 Å². The lowest BCUT2D eigenvalue weighted by Crippen LogP contribution is -2.40. The van der Waals surface area contributed by atoms with Crippen molar-refractivity contribution >= 4 is 40.0 Å². The van der Waals surface area contributed by atoms with Crippen LogP contribution >= 0.6 is 11.6 Å². The first-order chi connectivity index (χ1) is 17.8. The number of nitrogens with zero attached hydrogens (tertiary/aromatic N) is 2. The highest BCUT2D eigenvalue weighted by atomic mass is 35.5. The van der Waals surface area contributed by atoms with Crippen LogP contribution in [0, 0.1) is 6.92 Å². The number of aryl methyl sites for hydroxylation is 1. The Balaban J connectivity index is 1.69. The molecule has 4 aromatic rings. The molecule has 0 aliphatic rings. The number of hydrogen-bond donors (Lipinski definition) is 2. The number of halogens is 1. The molecule has 0 saturated carbocycles. The molecule has 2 N–H and O–H groups in total. The molecule has 1 heterocycles. The number of benzene rings is 3. The summed E-state index contributed by atoms with van der Waals surface area (Å²) in [6.45, 7) is 4.13. The van der Waals surface area contributed by atoms with Gasteiger partial charge in [0.25, 0.3) is 5.56 Å². The van der Waals surface area contributed by atoms with E-state index in [9.17, 15) is 19.2 Å². The van der Waals surface area contributed by atoms with Crippen LogP contribution in [0.3, 0.4) is 0 Å². The van der Waals surface area contributed by atoms with Crippen LogP contribution in [0.15, 0.2) is 76.3 Å². The summed E-state index contributed by atoms with van der Waals surface area (Å²) in [5, 5.41) is 6.39. The van der Waals surface area contributed by atoms with Crippen LogP contribution in [0.2, 0.25) is 5.02 Å². The minimum Gasteiger partial charge on any atom is -0.356 e. The monoisotopic (exact) mass is 518 g/mol. The Bertz CT molecular complexity index is 1590. The van der Waals surface area contributed by atoms with Crippen molar-refractivity contribution in [3.63, 3.8) is 0 Å². The van der Waals surface area contributed by atoms with Crippen molar-refractivity contribution in [2.75, 3.05) is 11.9 Å². The summed E-state index contributed by atoms with van der Waals surface area (Å²) in [5.41, 5.74) is 1.70. The maximum absolute atomic E-state index is 13.5. The van der Waals surface area contributed by atoms with E-state index < -0.39 is 17.2 Å². The maximum Gasteiger partial charge on any atom is 0.336 e. The van der Waals surface area contributed by atoms with Gasteiger partial charge in [-0.3, -0.25) is 19.0 Å². The van der Waals surface area contributed by atoms with Crippen LogP contribution in [-0.4, -0.2) is 27.5 Å². The largest absolute Gasteiger partial charge is 0.356 e. The summed E-state index contributed by atoms with van der Waals surface area (Å²) in [6.07, 6.45) is 1.04. The molecule has 2 amide bonds. The molecule has 8 nitrogen and oxygen atoms in total. The summed E-state index contributed by atoms with van der Waals surface area (Å²) >= 11 is 6.16. The molecule has 0 spiro atoms. The minimum atomic E-state index is -0.644. The van der Waals surface area contributed by atoms with Crippen LogP contribution in [0.25, 0.3) is 16.6 Å². The Hall–Kier alpha value is -4.17. The number of hydrogen-bond acceptors (Lipinski definition) is 4. The third-order valence-corrected chi connectivity index (χ3v) is 6.35. The van der Waals surface area contributed by atoms with Crippen LogP contribution < -0.4 is 21.9 Å². The fraction of sp³-hybridized carbons (Fsp3) is 0.214. The molecule has 9 heteroatoms. The minimum absolute atomic E-state index is 0.0966. The summed E-state index contributed by atoms with van der Waals surface area (Å²) in [5.74, 6) is -0.536. The van der Waals surface area contributed by atoms with Gasteiger partial charge in [-0.25, -0.2) is 9.36 Å². The molecule has 0 radical (unpaired) electrons. The van der Waals surface area contributed by atoms with Crippen molar-refractivity contribution in [3.8, 4) is 5.69 Å². The molecule has 0 bridgehead atoms. The van der Waals surface area contributed by atoms with Gasteiger partial charge in [0.05, 0.1) is 23.0 Å². The van der Waals surface area contributed by atoms with Crippen LogP contribution in [0.1, 0.15) is 24.5 Å². The summed E-state index contributed by atoms with van der Waals surface area (Å²) in [4.78, 5) is 51.8. The van der Waals surface area contributed by atoms with E-state index in [1.807, 2.05) is 13.8 Å². The number of nitrogens with one attached hydrogen (secondary N) is 2. The van der Waals surface area contributed by atoms with Gasteiger partial charge in [0.2, 0.25) is 11.8 Å². The van der Waals surface area contributed by atoms with Gasteiger partial charge in [0.1, 0.15) is 6.54 Å². The lowest BCUT2D eigenvalue weighted by Gasteiger charge is -2.15. The van der Waals surface area contributed by atoms with Gasteiger partial charge in [-0.05, 0) is 60.9 Å². The second kappa shape index (κ2) is 11.3. The lowest BCUT2D eigenvalue weighted by molar-refractivity contribution is -0.120. The molecule has 0 saturated heterocycles. The van der Waals surface area contributed by atoms with Gasteiger partial charge in [-0.2, -0.15) is 0 Å². The summed E-state index contributed by atoms with van der Waals surface area (Å²) in [7, 11) is 0. The van der Waals surface area contributed by atoms with Crippen LogP contribution in [0.5, 0.6) is 0 Å². The Morgan fingerprint density at radius 2 is 1.68 bits per heavy atom. The van der Waals surface area contributed by atoms with E-state index in [-0.39, 0.29) is 18.9 Å². The summed E-state index contributed by atoms with van der Waals surface area (Å²) in [6, 6.07) is 18.5. The summed E-state index contributed by atoms with van der Waals surface area (Å²) < 4.78 is 2.31. The number of carbonyl (C=O) groups excluding carboxylic acids is 2. The third kappa shape index (κ3) is 5.81. The second-order valence-corrected chi connectivity index (χ2v) is 9.14. The quantitative estimate of drug-likeness (QED) is 0.370. The van der Waals surface area contributed by atoms with Crippen LogP contribution in [-0.2, 0) is 22.6 Å². The molecule has 0 aliphatic heterocycles. The van der Waals surface area contributed by atoms with Crippen molar-refractivity contribution in [2.24, 2.45) is 0 Å². The first-order valence-corrected chi connectivity index (χ1v) is 12.3. The molecule has 0 unspecified atom stereocenters. The molecular weight excluding hydrogens is 492 g/mol. The topological polar surface area (TPSA) is 102 Å². The first-order valence-electron chi connectivity index (χ1n) is 11.9. The normalized spacial score (nSPS) is 10.9. The number of amides is 2. The third-order valence-electron chi connectivity index (χ3n) is 5.94. The Morgan fingerprint density at radius 1 is 0.946 bits per heavy atom. The molecule has 37 heavy (non-hydrogen) atoms. The van der Waals surface area contributed by atoms with E-state index in [2.05, 4.69) is 10.6 Å². The van der Waals surface area contributed by atoms with Gasteiger partial charge in [0, 0.05) is 17.3 Å². The number of fused-ring (bicyclic) bond motifs is 1. The average Bonchev–Trinajstić information content (AvgIpc) is 2.88. The highest BCUT2D eigenvalue weighted by Crippen LogP contribution is 2.20. The van der Waals surface area contributed by atoms with Crippen molar-refractivity contribution < 1.29 is 9.59 Å². The predicted octanol–water partition coefficient (Wildman–Crippen LogP) is 3.82. The standard InChI is InChI=1S/C28H27ClN4O4/c1-3-14-30-25(34)15-19-9-12-21(13-10-19)33-27(36)22-6-4-5-7-24(22)32(28(33)37)17-26(35)31-20-11-8-18(2)23(29)16-20/h4-13,16H,3,14-15,17H2,1-2H3,(H,30,34)(H,31,35). The van der Waals surface area contributed by atoms with Gasteiger partial charge in [-0.1, -0.05) is 48.9 Å². The average molecular weight is 519 g/mol. The van der Waals surface area contributed by atoms with Crippen molar-refractivity contribution in [2.45, 2.75) is 33.2 Å². The van der Waals surface area contributed by atoms with Gasteiger partial charge >= 0.3 is 5.69 Å². The fourth-order valence-corrected chi connectivity index (χ4v) is 4.17. The molecule has 4 rings (SSSR count). The SMILES string of the molecule is CCCNC(=O)Cc1ccc(-n2c(=O)c3ccccc3n(CC(=O)Nc3ccc(C)c(Cl)c3)c2=O)cc1. The Kier molecular flexibility index (Phi) is 7.89. The highest BCUT2D eigenvalue weighted by Gasteiger charge is 2.17. The second-order valence-electron chi connectivity index (χ2n) is 8.73. The number of aromatic nitrogens is 2. The molecule has 0 fully saturated rings. The van der Waals surface area contributed by atoms with Gasteiger partial charge < -0.3 is 10.6 Å². The first kappa shape index (κ1) is 25.9. The van der Waals surface area contributed by atoms with E-state index in [1.54, 1.807) is 66.7 Å². The number of carbonyl (C=O) groups is 2. The smallest absolute Gasteiger partial charge is 0.336 e. The molecule has 0 atom stereocenters. The van der Waals surface area contributed by atoms with Crippen LogP contribution in [0.4, 0.5) is 5.69 Å². The lowest BCUT2D eigenvalue weighted by atomic mass is 10.1. The molecule has 1 aromatic heterocycles.